The highest BCUT2D eigenvalue weighted by Gasteiger charge is 2.42. The molecule has 6 nitrogen and oxygen atoms in total. The van der Waals surface area contributed by atoms with Gasteiger partial charge in [-0.2, -0.15) is 0 Å². The molecule has 3 aromatic rings. The van der Waals surface area contributed by atoms with Gasteiger partial charge in [-0.25, -0.2) is 4.39 Å². The number of amides is 2. The predicted molar refractivity (Wildman–Crippen MR) is 136 cm³/mol. The highest BCUT2D eigenvalue weighted by atomic mass is 35.5. The molecule has 0 aliphatic carbocycles. The first-order valence-electron chi connectivity index (χ1n) is 11.3. The molecule has 2 atom stereocenters. The molecule has 36 heavy (non-hydrogen) atoms. The van der Waals surface area contributed by atoms with Crippen molar-refractivity contribution >= 4 is 35.0 Å². The maximum atomic E-state index is 13.4. The topological polar surface area (TPSA) is 67.9 Å². The van der Waals surface area contributed by atoms with Crippen molar-refractivity contribution in [3.8, 4) is 11.5 Å². The van der Waals surface area contributed by atoms with Gasteiger partial charge in [0.1, 0.15) is 17.3 Å². The second-order valence-electron chi connectivity index (χ2n) is 8.50. The number of benzene rings is 3. The van der Waals surface area contributed by atoms with Crippen LogP contribution in [0.25, 0.3) is 0 Å². The van der Waals surface area contributed by atoms with Crippen LogP contribution >= 0.6 is 23.2 Å². The minimum atomic E-state index is -0.568. The van der Waals surface area contributed by atoms with Crippen LogP contribution in [0, 0.1) is 11.7 Å². The van der Waals surface area contributed by atoms with Gasteiger partial charge >= 0.3 is 0 Å². The van der Waals surface area contributed by atoms with Crippen LogP contribution in [0.3, 0.4) is 0 Å². The Morgan fingerprint density at radius 1 is 1.00 bits per heavy atom. The molecule has 2 unspecified atom stereocenters. The van der Waals surface area contributed by atoms with Crippen LogP contribution in [0.4, 0.5) is 4.39 Å². The van der Waals surface area contributed by atoms with E-state index >= 15 is 0 Å². The average Bonchev–Trinajstić information content (AvgIpc) is 3.33. The Labute approximate surface area is 218 Å². The molecule has 0 saturated carbocycles. The molecule has 0 bridgehead atoms. The fraction of sp³-hybridized carbons (Fsp3) is 0.259. The Morgan fingerprint density at radius 2 is 1.75 bits per heavy atom. The first kappa shape index (κ1) is 25.8. The zero-order valence-electron chi connectivity index (χ0n) is 19.8. The first-order valence-corrected chi connectivity index (χ1v) is 12.0. The van der Waals surface area contributed by atoms with E-state index in [9.17, 15) is 14.0 Å². The molecule has 1 N–H and O–H groups in total. The minimum Gasteiger partial charge on any atom is -0.497 e. The lowest BCUT2D eigenvalue weighted by Crippen LogP contribution is -2.35. The van der Waals surface area contributed by atoms with E-state index in [-0.39, 0.29) is 48.2 Å². The van der Waals surface area contributed by atoms with Gasteiger partial charge in [-0.15, -0.1) is 0 Å². The normalized spacial score (nSPS) is 17.1. The SMILES string of the molecule is COc1ccc(OC)c(C2CN(C(=O)c3ccc(Cl)cc3Cl)CC2C(=O)NCc2ccc(F)cc2)c1. The van der Waals surface area contributed by atoms with E-state index in [1.54, 1.807) is 55.5 Å². The highest BCUT2D eigenvalue weighted by molar-refractivity contribution is 6.36. The van der Waals surface area contributed by atoms with Crippen molar-refractivity contribution in [2.24, 2.45) is 5.92 Å². The van der Waals surface area contributed by atoms with Crippen LogP contribution in [0.1, 0.15) is 27.4 Å². The quantitative estimate of drug-likeness (QED) is 0.448. The molecular weight excluding hydrogens is 506 g/mol. The van der Waals surface area contributed by atoms with Gasteiger partial charge < -0.3 is 19.7 Å². The van der Waals surface area contributed by atoms with E-state index in [1.165, 1.54) is 18.2 Å². The summed E-state index contributed by atoms with van der Waals surface area (Å²) in [5, 5.41) is 3.60. The maximum absolute atomic E-state index is 13.4. The number of halogens is 3. The van der Waals surface area contributed by atoms with Crippen molar-refractivity contribution in [2.75, 3.05) is 27.3 Å². The van der Waals surface area contributed by atoms with E-state index in [2.05, 4.69) is 5.32 Å². The number of nitrogens with one attached hydrogen (secondary N) is 1. The molecule has 1 aliphatic heterocycles. The zero-order chi connectivity index (χ0) is 25.8. The molecule has 1 saturated heterocycles. The van der Waals surface area contributed by atoms with Crippen molar-refractivity contribution in [1.29, 1.82) is 0 Å². The number of carbonyl (C=O) groups is 2. The number of nitrogens with zero attached hydrogens (tertiary/aromatic N) is 1. The molecule has 0 radical (unpaired) electrons. The summed E-state index contributed by atoms with van der Waals surface area (Å²) in [6.45, 7) is 0.683. The fourth-order valence-electron chi connectivity index (χ4n) is 4.44. The highest BCUT2D eigenvalue weighted by Crippen LogP contribution is 2.40. The first-order chi connectivity index (χ1) is 17.3. The van der Waals surface area contributed by atoms with Gasteiger partial charge in [0.2, 0.25) is 5.91 Å². The Kier molecular flexibility index (Phi) is 8.01. The van der Waals surface area contributed by atoms with E-state index in [0.717, 1.165) is 11.1 Å². The van der Waals surface area contributed by atoms with Gasteiger partial charge in [-0.1, -0.05) is 35.3 Å². The third kappa shape index (κ3) is 5.58. The van der Waals surface area contributed by atoms with Gasteiger partial charge in [0.05, 0.1) is 30.7 Å². The Morgan fingerprint density at radius 3 is 2.42 bits per heavy atom. The largest absolute Gasteiger partial charge is 0.497 e. The molecule has 0 spiro atoms. The number of ether oxygens (including phenoxy) is 2. The summed E-state index contributed by atoms with van der Waals surface area (Å²) in [6, 6.07) is 16.0. The fourth-order valence-corrected chi connectivity index (χ4v) is 4.92. The van der Waals surface area contributed by atoms with Crippen LogP contribution in [0.15, 0.2) is 60.7 Å². The number of likely N-dealkylation sites (tertiary alicyclic amines) is 1. The lowest BCUT2D eigenvalue weighted by atomic mass is 9.87. The Bertz CT molecular complexity index is 1270. The van der Waals surface area contributed by atoms with Crippen LogP contribution in [0.5, 0.6) is 11.5 Å². The monoisotopic (exact) mass is 530 g/mol. The van der Waals surface area contributed by atoms with Crippen molar-refractivity contribution in [3.05, 3.63) is 93.2 Å². The van der Waals surface area contributed by atoms with E-state index < -0.39 is 5.92 Å². The lowest BCUT2D eigenvalue weighted by Gasteiger charge is -2.21. The molecular formula is C27H25Cl2FN2O4. The summed E-state index contributed by atoms with van der Waals surface area (Å²) < 4.78 is 24.2. The van der Waals surface area contributed by atoms with Crippen molar-refractivity contribution in [3.63, 3.8) is 0 Å². The standard InChI is InChI=1S/C27H25Cl2FN2O4/c1-35-19-8-10-25(36-2)21(12-19)22-14-32(27(34)20-9-5-17(28)11-24(20)29)15-23(22)26(33)31-13-16-3-6-18(30)7-4-16/h3-12,22-23H,13-15H2,1-2H3,(H,31,33). The maximum Gasteiger partial charge on any atom is 0.255 e. The van der Waals surface area contributed by atoms with E-state index in [1.807, 2.05) is 6.07 Å². The predicted octanol–water partition coefficient (Wildman–Crippen LogP) is 5.32. The van der Waals surface area contributed by atoms with Crippen molar-refractivity contribution in [2.45, 2.75) is 12.5 Å². The third-order valence-corrected chi connectivity index (χ3v) is 6.87. The molecule has 9 heteroatoms. The van der Waals surface area contributed by atoms with E-state index in [0.29, 0.717) is 22.1 Å². The smallest absolute Gasteiger partial charge is 0.255 e. The summed E-state index contributed by atoms with van der Waals surface area (Å²) >= 11 is 12.3. The third-order valence-electron chi connectivity index (χ3n) is 6.32. The molecule has 0 aromatic heterocycles. The van der Waals surface area contributed by atoms with Crippen molar-refractivity contribution < 1.29 is 23.5 Å². The van der Waals surface area contributed by atoms with Gasteiger partial charge in [-0.05, 0) is 54.1 Å². The molecule has 1 aliphatic rings. The molecule has 1 fully saturated rings. The summed E-state index contributed by atoms with van der Waals surface area (Å²) in [6.07, 6.45) is 0. The lowest BCUT2D eigenvalue weighted by molar-refractivity contribution is -0.125. The zero-order valence-corrected chi connectivity index (χ0v) is 21.3. The molecule has 3 aromatic carbocycles. The van der Waals surface area contributed by atoms with Crippen LogP contribution in [-0.2, 0) is 11.3 Å². The van der Waals surface area contributed by atoms with Gasteiger partial charge in [0.15, 0.2) is 0 Å². The van der Waals surface area contributed by atoms with Gasteiger partial charge in [-0.3, -0.25) is 9.59 Å². The number of hydrogen-bond acceptors (Lipinski definition) is 4. The second-order valence-corrected chi connectivity index (χ2v) is 9.34. The number of carbonyl (C=O) groups excluding carboxylic acids is 2. The van der Waals surface area contributed by atoms with Crippen LogP contribution in [0.2, 0.25) is 10.0 Å². The second kappa shape index (κ2) is 11.2. The molecule has 188 valence electrons. The summed E-state index contributed by atoms with van der Waals surface area (Å²) in [4.78, 5) is 28.4. The van der Waals surface area contributed by atoms with Crippen LogP contribution in [-0.4, -0.2) is 44.0 Å². The van der Waals surface area contributed by atoms with Crippen molar-refractivity contribution in [1.82, 2.24) is 10.2 Å². The molecule has 1 heterocycles. The Balaban J connectivity index is 1.63. The number of methoxy groups -OCH3 is 2. The van der Waals surface area contributed by atoms with Gasteiger partial charge in [0, 0.05) is 36.1 Å². The van der Waals surface area contributed by atoms with Gasteiger partial charge in [0.25, 0.3) is 5.91 Å². The summed E-state index contributed by atoms with van der Waals surface area (Å²) in [5.41, 5.74) is 1.83. The summed E-state index contributed by atoms with van der Waals surface area (Å²) in [5.74, 6) is -0.595. The van der Waals surface area contributed by atoms with E-state index in [4.69, 9.17) is 32.7 Å². The molecule has 4 rings (SSSR count). The van der Waals surface area contributed by atoms with Crippen LogP contribution < -0.4 is 14.8 Å². The number of rotatable bonds is 7. The summed E-state index contributed by atoms with van der Waals surface area (Å²) in [7, 11) is 3.12. The number of hydrogen-bond donors (Lipinski definition) is 1. The molecule has 2 amide bonds. The Hall–Kier alpha value is -3.29. The minimum absolute atomic E-state index is 0.179. The average molecular weight is 531 g/mol.